The molecule has 0 aromatic carbocycles. The minimum absolute atomic E-state index is 0.0399. The van der Waals surface area contributed by atoms with Crippen LogP contribution >= 0.6 is 11.8 Å². The second kappa shape index (κ2) is 5.21. The van der Waals surface area contributed by atoms with Gasteiger partial charge < -0.3 is 4.74 Å². The topological polar surface area (TPSA) is 89.3 Å². The lowest BCUT2D eigenvalue weighted by Gasteiger charge is -2.08. The fraction of sp³-hybridized carbons (Fsp3) is 0.400. The van der Waals surface area contributed by atoms with Crippen LogP contribution in [0.25, 0.3) is 5.65 Å². The first-order valence-electron chi connectivity index (χ1n) is 5.26. The number of rotatable bonds is 4. The molecule has 0 amide bonds. The van der Waals surface area contributed by atoms with Gasteiger partial charge in [-0.05, 0) is 0 Å². The average Bonchev–Trinajstić information content (AvgIpc) is 2.70. The number of carbonyl (C=O) groups is 1. The minimum Gasteiger partial charge on any atom is -0.469 e. The number of aromatic nitrogens is 4. The Morgan fingerprint density at radius 3 is 3.17 bits per heavy atom. The Labute approximate surface area is 107 Å². The van der Waals surface area contributed by atoms with Gasteiger partial charge in [-0.1, -0.05) is 6.92 Å². The number of H-pyrrole nitrogens is 1. The van der Waals surface area contributed by atoms with E-state index in [4.69, 9.17) is 0 Å². The summed E-state index contributed by atoms with van der Waals surface area (Å²) in [6, 6.07) is 1.69. The number of esters is 1. The largest absolute Gasteiger partial charge is 0.469 e. The van der Waals surface area contributed by atoms with E-state index in [2.05, 4.69) is 19.9 Å². The highest BCUT2D eigenvalue weighted by atomic mass is 32.2. The Bertz CT molecular complexity index is 621. The number of methoxy groups -OCH3 is 1. The molecular formula is C10H12N4O3S. The summed E-state index contributed by atoms with van der Waals surface area (Å²) in [5, 5.41) is 6.92. The molecule has 2 aromatic heterocycles. The Morgan fingerprint density at radius 1 is 1.67 bits per heavy atom. The molecule has 1 unspecified atom stereocenters. The first-order valence-corrected chi connectivity index (χ1v) is 6.14. The predicted molar refractivity (Wildman–Crippen MR) is 65.6 cm³/mol. The highest BCUT2D eigenvalue weighted by molar-refractivity contribution is 7.99. The van der Waals surface area contributed by atoms with Crippen LogP contribution in [-0.4, -0.2) is 37.9 Å². The summed E-state index contributed by atoms with van der Waals surface area (Å²) in [6.07, 6.45) is 1.72. The molecule has 1 atom stereocenters. The third kappa shape index (κ3) is 2.70. The third-order valence-electron chi connectivity index (χ3n) is 2.29. The van der Waals surface area contributed by atoms with Crippen molar-refractivity contribution in [3.8, 4) is 0 Å². The van der Waals surface area contributed by atoms with Crippen LogP contribution in [0.3, 0.4) is 0 Å². The molecule has 0 saturated carbocycles. The molecule has 0 bridgehead atoms. The number of carbonyl (C=O) groups excluding carboxylic acids is 1. The molecule has 0 spiro atoms. The highest BCUT2D eigenvalue weighted by Gasteiger charge is 2.12. The van der Waals surface area contributed by atoms with Crippen molar-refractivity contribution in [1.29, 1.82) is 0 Å². The van der Waals surface area contributed by atoms with Gasteiger partial charge in [0.15, 0.2) is 5.65 Å². The molecule has 1 N–H and O–H groups in total. The average molecular weight is 268 g/mol. The van der Waals surface area contributed by atoms with Crippen LogP contribution < -0.4 is 5.69 Å². The van der Waals surface area contributed by atoms with Crippen LogP contribution in [0.4, 0.5) is 0 Å². The maximum Gasteiger partial charge on any atom is 0.348 e. The fourth-order valence-electron chi connectivity index (χ4n) is 1.42. The van der Waals surface area contributed by atoms with E-state index in [1.807, 2.05) is 6.92 Å². The molecule has 0 radical (unpaired) electrons. The Hall–Kier alpha value is -1.83. The number of ether oxygens (including phenoxy) is 1. The number of thioether (sulfide) groups is 1. The maximum atomic E-state index is 11.2. The SMILES string of the molecule is COC(=O)CC(C)Sc1cc2n[nH]c(=O)n2cn1. The van der Waals surface area contributed by atoms with E-state index in [1.54, 1.807) is 6.07 Å². The summed E-state index contributed by atoms with van der Waals surface area (Å²) < 4.78 is 5.91. The molecule has 2 heterocycles. The quantitative estimate of drug-likeness (QED) is 0.492. The Morgan fingerprint density at radius 2 is 2.44 bits per heavy atom. The highest BCUT2D eigenvalue weighted by Crippen LogP contribution is 2.23. The summed E-state index contributed by atoms with van der Waals surface area (Å²) in [4.78, 5) is 26.5. The zero-order valence-electron chi connectivity index (χ0n) is 9.91. The fourth-order valence-corrected chi connectivity index (χ4v) is 2.34. The Balaban J connectivity index is 2.12. The molecule has 0 saturated heterocycles. The van der Waals surface area contributed by atoms with Crippen LogP contribution in [0.15, 0.2) is 22.2 Å². The third-order valence-corrected chi connectivity index (χ3v) is 3.32. The van der Waals surface area contributed by atoms with Crippen molar-refractivity contribution in [1.82, 2.24) is 19.6 Å². The van der Waals surface area contributed by atoms with Gasteiger partial charge in [-0.25, -0.2) is 19.3 Å². The van der Waals surface area contributed by atoms with E-state index < -0.39 is 0 Å². The smallest absolute Gasteiger partial charge is 0.348 e. The summed E-state index contributed by atoms with van der Waals surface area (Å²) in [6.45, 7) is 1.91. The molecule has 0 fully saturated rings. The van der Waals surface area contributed by atoms with Gasteiger partial charge in [-0.2, -0.15) is 5.10 Å². The standard InChI is InChI=1S/C10H12N4O3S/c1-6(3-9(15)17-2)18-8-4-7-12-13-10(16)14(7)5-11-8/h4-6H,3H2,1-2H3,(H,13,16). The van der Waals surface area contributed by atoms with Crippen molar-refractivity contribution in [2.45, 2.75) is 23.6 Å². The van der Waals surface area contributed by atoms with E-state index in [1.165, 1.54) is 29.6 Å². The Kier molecular flexibility index (Phi) is 3.66. The van der Waals surface area contributed by atoms with Crippen molar-refractivity contribution >= 4 is 23.4 Å². The number of nitrogens with zero attached hydrogens (tertiary/aromatic N) is 3. The second-order valence-electron chi connectivity index (χ2n) is 3.69. The van der Waals surface area contributed by atoms with E-state index in [-0.39, 0.29) is 16.9 Å². The summed E-state index contributed by atoms with van der Waals surface area (Å²) in [7, 11) is 1.36. The van der Waals surface area contributed by atoms with Crippen LogP contribution in [0, 0.1) is 0 Å². The lowest BCUT2D eigenvalue weighted by atomic mass is 10.3. The maximum absolute atomic E-state index is 11.2. The monoisotopic (exact) mass is 268 g/mol. The van der Waals surface area contributed by atoms with E-state index in [0.717, 1.165) is 0 Å². The van der Waals surface area contributed by atoms with Crippen molar-refractivity contribution in [2.75, 3.05) is 7.11 Å². The molecule has 2 aromatic rings. The summed E-state index contributed by atoms with van der Waals surface area (Å²) >= 11 is 1.43. The van der Waals surface area contributed by atoms with E-state index in [9.17, 15) is 9.59 Å². The van der Waals surface area contributed by atoms with Gasteiger partial charge in [-0.15, -0.1) is 11.8 Å². The predicted octanol–water partition coefficient (Wildman–Crippen LogP) is 0.461. The zero-order chi connectivity index (χ0) is 13.1. The molecule has 7 nitrogen and oxygen atoms in total. The second-order valence-corrected chi connectivity index (χ2v) is 5.15. The molecule has 0 aliphatic rings. The normalized spacial score (nSPS) is 12.6. The molecule has 0 aliphatic carbocycles. The molecule has 8 heteroatoms. The summed E-state index contributed by atoms with van der Waals surface area (Å²) in [5.41, 5.74) is 0.180. The van der Waals surface area contributed by atoms with Gasteiger partial charge >= 0.3 is 11.7 Å². The van der Waals surface area contributed by atoms with E-state index in [0.29, 0.717) is 17.1 Å². The number of fused-ring (bicyclic) bond motifs is 1. The first kappa shape index (κ1) is 12.6. The van der Waals surface area contributed by atoms with Crippen molar-refractivity contribution in [3.05, 3.63) is 22.9 Å². The lowest BCUT2D eigenvalue weighted by molar-refractivity contribution is -0.140. The van der Waals surface area contributed by atoms with Crippen LogP contribution in [0.2, 0.25) is 0 Å². The van der Waals surface area contributed by atoms with Crippen molar-refractivity contribution < 1.29 is 9.53 Å². The lowest BCUT2D eigenvalue weighted by Crippen LogP contribution is -2.10. The summed E-state index contributed by atoms with van der Waals surface area (Å²) in [5.74, 6) is -0.257. The van der Waals surface area contributed by atoms with Crippen LogP contribution in [0.5, 0.6) is 0 Å². The minimum atomic E-state index is -0.323. The van der Waals surface area contributed by atoms with Crippen molar-refractivity contribution in [2.24, 2.45) is 0 Å². The zero-order valence-corrected chi connectivity index (χ0v) is 10.7. The molecule has 96 valence electrons. The number of aromatic amines is 1. The van der Waals surface area contributed by atoms with Gasteiger partial charge in [0.1, 0.15) is 11.4 Å². The van der Waals surface area contributed by atoms with E-state index >= 15 is 0 Å². The first-order chi connectivity index (χ1) is 8.60. The van der Waals surface area contributed by atoms with Gasteiger partial charge in [0, 0.05) is 11.3 Å². The van der Waals surface area contributed by atoms with Gasteiger partial charge in [0.25, 0.3) is 0 Å². The van der Waals surface area contributed by atoms with Crippen LogP contribution in [0.1, 0.15) is 13.3 Å². The van der Waals surface area contributed by atoms with Gasteiger partial charge in [0.05, 0.1) is 13.5 Å². The number of nitrogens with one attached hydrogen (secondary N) is 1. The molecule has 2 rings (SSSR count). The van der Waals surface area contributed by atoms with Gasteiger partial charge in [-0.3, -0.25) is 4.79 Å². The molecular weight excluding hydrogens is 256 g/mol. The van der Waals surface area contributed by atoms with Crippen LogP contribution in [-0.2, 0) is 9.53 Å². The van der Waals surface area contributed by atoms with Gasteiger partial charge in [0.2, 0.25) is 0 Å². The molecule has 18 heavy (non-hydrogen) atoms. The number of hydrogen-bond donors (Lipinski definition) is 1. The van der Waals surface area contributed by atoms with Crippen molar-refractivity contribution in [3.63, 3.8) is 0 Å². The molecule has 0 aliphatic heterocycles. The number of hydrogen-bond acceptors (Lipinski definition) is 6.